The van der Waals surface area contributed by atoms with Gasteiger partial charge < -0.3 is 10.0 Å². The second-order valence-electron chi connectivity index (χ2n) is 4.35. The largest absolute Gasteiger partial charge is 0.416 e. The van der Waals surface area contributed by atoms with Crippen LogP contribution in [-0.2, 0) is 0 Å². The molecule has 0 saturated heterocycles. The Morgan fingerprint density at radius 3 is 2.81 bits per heavy atom. The van der Waals surface area contributed by atoms with Gasteiger partial charge in [0.05, 0.1) is 6.54 Å². The van der Waals surface area contributed by atoms with Gasteiger partial charge in [0.2, 0.25) is 0 Å². The number of aliphatic hydroxyl groups is 1. The third-order valence-corrected chi connectivity index (χ3v) is 2.90. The van der Waals surface area contributed by atoms with Gasteiger partial charge in [0.25, 0.3) is 5.91 Å². The molecule has 2 heterocycles. The summed E-state index contributed by atoms with van der Waals surface area (Å²) in [6.45, 7) is 0.711. The molecule has 2 aromatic heterocycles. The van der Waals surface area contributed by atoms with E-state index in [9.17, 15) is 18.0 Å². The molecule has 114 valence electrons. The first kappa shape index (κ1) is 15.2. The van der Waals surface area contributed by atoms with Gasteiger partial charge in [-0.05, 0) is 13.0 Å². The number of carbonyl (C=O) groups is 1. The lowest BCUT2D eigenvalue weighted by Gasteiger charge is -2.24. The molecule has 1 atom stereocenters. The van der Waals surface area contributed by atoms with E-state index >= 15 is 0 Å². The van der Waals surface area contributed by atoms with Crippen LogP contribution in [-0.4, -0.2) is 55.9 Å². The molecule has 0 fully saturated rings. The highest BCUT2D eigenvalue weighted by atomic mass is 19.4. The maximum absolute atomic E-state index is 12.4. The van der Waals surface area contributed by atoms with E-state index in [1.807, 2.05) is 0 Å². The Morgan fingerprint density at radius 1 is 1.52 bits per heavy atom. The van der Waals surface area contributed by atoms with Crippen LogP contribution in [0.5, 0.6) is 0 Å². The van der Waals surface area contributed by atoms with Crippen LogP contribution >= 0.6 is 0 Å². The van der Waals surface area contributed by atoms with Crippen molar-refractivity contribution in [2.75, 3.05) is 13.1 Å². The van der Waals surface area contributed by atoms with E-state index in [0.717, 1.165) is 4.90 Å². The first-order valence-electron chi connectivity index (χ1n) is 6.17. The van der Waals surface area contributed by atoms with Crippen LogP contribution in [0.15, 0.2) is 24.5 Å². The van der Waals surface area contributed by atoms with Gasteiger partial charge in [0, 0.05) is 25.0 Å². The van der Waals surface area contributed by atoms with Crippen LogP contribution in [0.1, 0.15) is 17.4 Å². The van der Waals surface area contributed by atoms with Gasteiger partial charge in [-0.2, -0.15) is 18.3 Å². The van der Waals surface area contributed by atoms with E-state index in [1.54, 1.807) is 12.3 Å². The lowest BCUT2D eigenvalue weighted by atomic mass is 10.3. The minimum atomic E-state index is -4.77. The first-order valence-corrected chi connectivity index (χ1v) is 6.17. The summed E-state index contributed by atoms with van der Waals surface area (Å²) in [4.78, 5) is 17.0. The molecule has 0 bridgehead atoms. The average Bonchev–Trinajstić information content (AvgIpc) is 2.86. The molecule has 0 radical (unpaired) electrons. The van der Waals surface area contributed by atoms with Crippen LogP contribution in [0.4, 0.5) is 13.2 Å². The van der Waals surface area contributed by atoms with Crippen molar-refractivity contribution in [1.82, 2.24) is 19.5 Å². The van der Waals surface area contributed by atoms with E-state index < -0.39 is 24.7 Å². The third-order valence-electron chi connectivity index (χ3n) is 2.90. The topological polar surface area (TPSA) is 70.7 Å². The van der Waals surface area contributed by atoms with Gasteiger partial charge in [0.1, 0.15) is 0 Å². The second-order valence-corrected chi connectivity index (χ2v) is 4.35. The number of hydrogen-bond donors (Lipinski definition) is 1. The Balaban J connectivity index is 2.19. The fraction of sp³-hybridized carbons (Fsp3) is 0.417. The normalized spacial score (nSPS) is 13.4. The molecule has 0 unspecified atom stereocenters. The van der Waals surface area contributed by atoms with Crippen molar-refractivity contribution < 1.29 is 23.1 Å². The summed E-state index contributed by atoms with van der Waals surface area (Å²) in [6.07, 6.45) is -4.28. The highest BCUT2D eigenvalue weighted by molar-refractivity contribution is 5.93. The van der Waals surface area contributed by atoms with Crippen molar-refractivity contribution in [2.24, 2.45) is 0 Å². The van der Waals surface area contributed by atoms with E-state index in [1.165, 1.54) is 23.7 Å². The summed E-state index contributed by atoms with van der Waals surface area (Å²) in [5.41, 5.74) is 0.387. The van der Waals surface area contributed by atoms with Gasteiger partial charge in [-0.15, -0.1) is 0 Å². The number of rotatable bonds is 4. The molecular formula is C12H13F3N4O2. The molecule has 0 aliphatic heterocycles. The summed E-state index contributed by atoms with van der Waals surface area (Å²) in [6, 6.07) is 2.99. The van der Waals surface area contributed by atoms with Gasteiger partial charge in [-0.3, -0.25) is 4.79 Å². The second kappa shape index (κ2) is 5.68. The minimum absolute atomic E-state index is 0.0211. The molecule has 1 amide bonds. The van der Waals surface area contributed by atoms with Crippen molar-refractivity contribution in [1.29, 1.82) is 0 Å². The van der Waals surface area contributed by atoms with Crippen LogP contribution in [0.25, 0.3) is 5.65 Å². The summed E-state index contributed by atoms with van der Waals surface area (Å²) < 4.78 is 38.4. The summed E-state index contributed by atoms with van der Waals surface area (Å²) in [5.74, 6) is -0.689. The SMILES string of the molecule is CCN(C[C@@H](O)C(F)(F)F)C(=O)c1cc2ncccn2n1. The van der Waals surface area contributed by atoms with Crippen LogP contribution in [0.2, 0.25) is 0 Å². The van der Waals surface area contributed by atoms with Crippen LogP contribution in [0, 0.1) is 0 Å². The number of carbonyl (C=O) groups excluding carboxylic acids is 1. The molecule has 21 heavy (non-hydrogen) atoms. The number of fused-ring (bicyclic) bond motifs is 1. The fourth-order valence-electron chi connectivity index (χ4n) is 1.76. The molecular weight excluding hydrogens is 289 g/mol. The van der Waals surface area contributed by atoms with Crippen molar-refractivity contribution in [3.63, 3.8) is 0 Å². The Hall–Kier alpha value is -2.16. The minimum Gasteiger partial charge on any atom is -0.382 e. The quantitative estimate of drug-likeness (QED) is 0.918. The standard InChI is InChI=1S/C12H13F3N4O2/c1-2-18(7-9(20)12(13,14)15)11(21)8-6-10-16-4-3-5-19(10)17-8/h3-6,9,20H,2,7H2,1H3/t9-/m1/s1. The highest BCUT2D eigenvalue weighted by Crippen LogP contribution is 2.21. The molecule has 0 aliphatic carbocycles. The molecule has 1 N–H and O–H groups in total. The number of alkyl halides is 3. The van der Waals surface area contributed by atoms with E-state index in [-0.39, 0.29) is 12.2 Å². The summed E-state index contributed by atoms with van der Waals surface area (Å²) in [5, 5.41) is 13.0. The number of likely N-dealkylation sites (N-methyl/N-ethyl adjacent to an activating group) is 1. The number of aromatic nitrogens is 3. The van der Waals surface area contributed by atoms with Crippen molar-refractivity contribution in [2.45, 2.75) is 19.2 Å². The summed E-state index contributed by atoms with van der Waals surface area (Å²) >= 11 is 0. The number of nitrogens with zero attached hydrogens (tertiary/aromatic N) is 4. The van der Waals surface area contributed by atoms with Gasteiger partial charge in [-0.25, -0.2) is 9.50 Å². The zero-order valence-electron chi connectivity index (χ0n) is 11.1. The molecule has 2 rings (SSSR count). The lowest BCUT2D eigenvalue weighted by Crippen LogP contribution is -2.43. The highest BCUT2D eigenvalue weighted by Gasteiger charge is 2.40. The van der Waals surface area contributed by atoms with Crippen molar-refractivity contribution in [3.05, 3.63) is 30.2 Å². The maximum atomic E-state index is 12.4. The Kier molecular flexibility index (Phi) is 4.12. The zero-order chi connectivity index (χ0) is 15.6. The van der Waals surface area contributed by atoms with Crippen LogP contribution in [0.3, 0.4) is 0 Å². The van der Waals surface area contributed by atoms with Crippen molar-refractivity contribution >= 4 is 11.6 Å². The predicted molar refractivity (Wildman–Crippen MR) is 66.6 cm³/mol. The first-order chi connectivity index (χ1) is 9.82. The van der Waals surface area contributed by atoms with E-state index in [4.69, 9.17) is 5.11 Å². The van der Waals surface area contributed by atoms with Gasteiger partial charge >= 0.3 is 6.18 Å². The summed E-state index contributed by atoms with van der Waals surface area (Å²) in [7, 11) is 0. The average molecular weight is 302 g/mol. The lowest BCUT2D eigenvalue weighted by molar-refractivity contribution is -0.206. The molecule has 9 heteroatoms. The van der Waals surface area contributed by atoms with Crippen molar-refractivity contribution in [3.8, 4) is 0 Å². The Bertz CT molecular complexity index is 608. The molecule has 2 aromatic rings. The molecule has 0 aromatic carbocycles. The predicted octanol–water partition coefficient (Wildman–Crippen LogP) is 1.11. The van der Waals surface area contributed by atoms with E-state index in [0.29, 0.717) is 5.65 Å². The van der Waals surface area contributed by atoms with Gasteiger partial charge in [0.15, 0.2) is 17.4 Å². The van der Waals surface area contributed by atoms with E-state index in [2.05, 4.69) is 10.1 Å². The smallest absolute Gasteiger partial charge is 0.382 e. The number of aliphatic hydroxyl groups excluding tert-OH is 1. The molecule has 0 aliphatic rings. The van der Waals surface area contributed by atoms with Crippen LogP contribution < -0.4 is 0 Å². The molecule has 0 spiro atoms. The maximum Gasteiger partial charge on any atom is 0.416 e. The number of amides is 1. The molecule has 6 nitrogen and oxygen atoms in total. The number of halogens is 3. The Morgan fingerprint density at radius 2 is 2.24 bits per heavy atom. The zero-order valence-corrected chi connectivity index (χ0v) is 11.1. The Labute approximate surface area is 117 Å². The molecule has 0 saturated carbocycles. The monoisotopic (exact) mass is 302 g/mol. The fourth-order valence-corrected chi connectivity index (χ4v) is 1.76. The third kappa shape index (κ3) is 3.30. The number of hydrogen-bond acceptors (Lipinski definition) is 4. The van der Waals surface area contributed by atoms with Gasteiger partial charge in [-0.1, -0.05) is 0 Å².